The Morgan fingerprint density at radius 1 is 1.07 bits per heavy atom. The van der Waals surface area contributed by atoms with Gasteiger partial charge in [-0.25, -0.2) is 0 Å². The first kappa shape index (κ1) is 20.2. The normalized spacial score (nSPS) is 15.4. The fourth-order valence-corrected chi connectivity index (χ4v) is 4.18. The average Bonchev–Trinajstić information content (AvgIpc) is 2.90. The van der Waals surface area contributed by atoms with Crippen molar-refractivity contribution in [2.24, 2.45) is 0 Å². The third-order valence-corrected chi connectivity index (χ3v) is 5.57. The first-order chi connectivity index (χ1) is 13.2. The fourth-order valence-electron chi connectivity index (χ4n) is 2.38. The van der Waals surface area contributed by atoms with E-state index in [4.69, 9.17) is 35.4 Å². The van der Waals surface area contributed by atoms with Gasteiger partial charge in [-0.05, 0) is 18.2 Å². The lowest BCUT2D eigenvalue weighted by Crippen LogP contribution is -2.27. The van der Waals surface area contributed by atoms with Crippen molar-refractivity contribution in [3.05, 3.63) is 77.1 Å². The summed E-state index contributed by atoms with van der Waals surface area (Å²) in [7, 11) is 0. The highest BCUT2D eigenvalue weighted by Gasteiger charge is 2.34. The van der Waals surface area contributed by atoms with Crippen LogP contribution in [0.2, 0.25) is 10.0 Å². The number of nitro groups is 2. The summed E-state index contributed by atoms with van der Waals surface area (Å²) in [6.45, 7) is 0. The summed E-state index contributed by atoms with van der Waals surface area (Å²) in [4.78, 5) is 34.9. The van der Waals surface area contributed by atoms with E-state index >= 15 is 0 Å². The Bertz CT molecular complexity index is 1090. The van der Waals surface area contributed by atoms with Gasteiger partial charge in [-0.3, -0.25) is 29.9 Å². The molecule has 12 heteroatoms. The standard InChI is InChI=1S/C16H7Cl2N3O5S2/c17-11-7-12(18)13(21(25)26)4-8(11)5-14-15(22)19(16(27)28-14)9-2-1-3-10(6-9)20(23)24/h1-7H/b14-5+. The number of carbonyl (C=O) groups is 1. The Balaban J connectivity index is 2.00. The Morgan fingerprint density at radius 2 is 1.79 bits per heavy atom. The summed E-state index contributed by atoms with van der Waals surface area (Å²) < 4.78 is 0.163. The van der Waals surface area contributed by atoms with Gasteiger partial charge in [0.1, 0.15) is 5.02 Å². The molecule has 1 amide bonds. The maximum Gasteiger partial charge on any atom is 0.288 e. The number of nitro benzene ring substituents is 2. The van der Waals surface area contributed by atoms with Crippen molar-refractivity contribution < 1.29 is 14.6 Å². The highest BCUT2D eigenvalue weighted by molar-refractivity contribution is 8.27. The van der Waals surface area contributed by atoms with Gasteiger partial charge in [0.15, 0.2) is 4.32 Å². The first-order valence-electron chi connectivity index (χ1n) is 7.35. The van der Waals surface area contributed by atoms with E-state index in [1.807, 2.05) is 0 Å². The van der Waals surface area contributed by atoms with Gasteiger partial charge in [-0.1, -0.05) is 53.2 Å². The van der Waals surface area contributed by atoms with E-state index in [-0.39, 0.29) is 41.9 Å². The molecule has 2 aromatic rings. The van der Waals surface area contributed by atoms with Crippen LogP contribution in [0.1, 0.15) is 5.56 Å². The summed E-state index contributed by atoms with van der Waals surface area (Å²) in [6, 6.07) is 7.85. The van der Waals surface area contributed by atoms with Crippen LogP contribution in [0.3, 0.4) is 0 Å². The highest BCUT2D eigenvalue weighted by Crippen LogP contribution is 2.39. The number of anilines is 1. The minimum Gasteiger partial charge on any atom is -0.268 e. The summed E-state index contributed by atoms with van der Waals surface area (Å²) >= 11 is 18.1. The van der Waals surface area contributed by atoms with Crippen LogP contribution in [0, 0.1) is 20.2 Å². The van der Waals surface area contributed by atoms with Gasteiger partial charge in [-0.2, -0.15) is 0 Å². The van der Waals surface area contributed by atoms with Gasteiger partial charge in [0.05, 0.1) is 20.4 Å². The Morgan fingerprint density at radius 3 is 2.43 bits per heavy atom. The minimum atomic E-state index is -0.662. The topological polar surface area (TPSA) is 107 Å². The predicted molar refractivity (Wildman–Crippen MR) is 112 cm³/mol. The molecule has 2 aromatic carbocycles. The summed E-state index contributed by atoms with van der Waals surface area (Å²) in [5, 5.41) is 22.0. The Labute approximate surface area is 177 Å². The molecular weight excluding hydrogens is 449 g/mol. The predicted octanol–water partition coefficient (Wildman–Crippen LogP) is 5.22. The number of hydrogen-bond donors (Lipinski definition) is 0. The van der Waals surface area contributed by atoms with Gasteiger partial charge < -0.3 is 0 Å². The zero-order valence-corrected chi connectivity index (χ0v) is 16.6. The Hall–Kier alpha value is -2.53. The third-order valence-electron chi connectivity index (χ3n) is 3.64. The molecule has 0 atom stereocenters. The lowest BCUT2D eigenvalue weighted by molar-refractivity contribution is -0.384. The molecule has 1 fully saturated rings. The van der Waals surface area contributed by atoms with Crippen molar-refractivity contribution >= 4 is 80.5 Å². The maximum atomic E-state index is 12.8. The van der Waals surface area contributed by atoms with Gasteiger partial charge in [0.25, 0.3) is 17.3 Å². The van der Waals surface area contributed by atoms with Gasteiger partial charge in [0, 0.05) is 28.8 Å². The maximum absolute atomic E-state index is 12.8. The number of thiocarbonyl (C=S) groups is 1. The van der Waals surface area contributed by atoms with Crippen LogP contribution in [-0.2, 0) is 4.79 Å². The van der Waals surface area contributed by atoms with Crippen LogP contribution in [-0.4, -0.2) is 20.1 Å². The monoisotopic (exact) mass is 455 g/mol. The molecule has 1 saturated heterocycles. The van der Waals surface area contributed by atoms with E-state index in [0.717, 1.165) is 22.7 Å². The van der Waals surface area contributed by atoms with Crippen LogP contribution in [0.4, 0.5) is 17.1 Å². The van der Waals surface area contributed by atoms with Gasteiger partial charge in [0.2, 0.25) is 0 Å². The largest absolute Gasteiger partial charge is 0.288 e. The van der Waals surface area contributed by atoms with Crippen molar-refractivity contribution in [1.82, 2.24) is 0 Å². The molecule has 1 aliphatic rings. The lowest BCUT2D eigenvalue weighted by Gasteiger charge is -2.13. The van der Waals surface area contributed by atoms with Crippen molar-refractivity contribution in [3.8, 4) is 0 Å². The summed E-state index contributed by atoms with van der Waals surface area (Å²) in [5.41, 5.74) is -0.0797. The number of carbonyl (C=O) groups excluding carboxylic acids is 1. The number of halogens is 2. The van der Waals surface area contributed by atoms with Crippen molar-refractivity contribution in [3.63, 3.8) is 0 Å². The van der Waals surface area contributed by atoms with E-state index < -0.39 is 15.8 Å². The molecule has 0 N–H and O–H groups in total. The smallest absolute Gasteiger partial charge is 0.268 e. The molecule has 0 aromatic heterocycles. The summed E-state index contributed by atoms with van der Waals surface area (Å²) in [5.74, 6) is -0.524. The lowest BCUT2D eigenvalue weighted by atomic mass is 10.1. The molecule has 0 spiro atoms. The van der Waals surface area contributed by atoms with E-state index in [2.05, 4.69) is 0 Å². The molecule has 0 bridgehead atoms. The molecular formula is C16H7Cl2N3O5S2. The fraction of sp³-hybridized carbons (Fsp3) is 0. The van der Waals surface area contributed by atoms with Crippen molar-refractivity contribution in [1.29, 1.82) is 0 Å². The van der Waals surface area contributed by atoms with E-state index in [0.29, 0.717) is 0 Å². The molecule has 0 unspecified atom stereocenters. The van der Waals surface area contributed by atoms with Crippen LogP contribution in [0.5, 0.6) is 0 Å². The van der Waals surface area contributed by atoms with E-state index in [1.165, 1.54) is 36.4 Å². The number of hydrogen-bond acceptors (Lipinski definition) is 7. The molecule has 0 aliphatic carbocycles. The zero-order valence-electron chi connectivity index (χ0n) is 13.5. The molecule has 1 heterocycles. The van der Waals surface area contributed by atoms with Crippen LogP contribution in [0.25, 0.3) is 6.08 Å². The van der Waals surface area contributed by atoms with Gasteiger partial charge >= 0.3 is 0 Å². The molecule has 3 rings (SSSR count). The molecule has 1 aliphatic heterocycles. The van der Waals surface area contributed by atoms with Gasteiger partial charge in [-0.15, -0.1) is 0 Å². The molecule has 8 nitrogen and oxygen atoms in total. The number of thioether (sulfide) groups is 1. The first-order valence-corrected chi connectivity index (χ1v) is 9.33. The molecule has 0 radical (unpaired) electrons. The van der Waals surface area contributed by atoms with Crippen LogP contribution in [0.15, 0.2) is 41.3 Å². The van der Waals surface area contributed by atoms with Crippen molar-refractivity contribution in [2.75, 3.05) is 4.90 Å². The van der Waals surface area contributed by atoms with Crippen LogP contribution >= 0.6 is 47.2 Å². The molecule has 0 saturated carbocycles. The second-order valence-electron chi connectivity index (χ2n) is 5.38. The number of rotatable bonds is 4. The highest BCUT2D eigenvalue weighted by atomic mass is 35.5. The second kappa shape index (κ2) is 7.84. The quantitative estimate of drug-likeness (QED) is 0.269. The molecule has 142 valence electrons. The van der Waals surface area contributed by atoms with E-state index in [1.54, 1.807) is 0 Å². The SMILES string of the molecule is O=C1/C(=C\c2cc([N+](=O)[O-])c(Cl)cc2Cl)SC(=S)N1c1cccc([N+](=O)[O-])c1. The number of benzene rings is 2. The zero-order chi connectivity index (χ0) is 20.6. The Kier molecular flexibility index (Phi) is 5.66. The number of amides is 1. The second-order valence-corrected chi connectivity index (χ2v) is 7.87. The third kappa shape index (κ3) is 3.85. The summed E-state index contributed by atoms with van der Waals surface area (Å²) in [6.07, 6.45) is 1.36. The molecule has 28 heavy (non-hydrogen) atoms. The van der Waals surface area contributed by atoms with Crippen LogP contribution < -0.4 is 4.90 Å². The van der Waals surface area contributed by atoms with Crippen molar-refractivity contribution in [2.45, 2.75) is 0 Å². The number of nitrogens with zero attached hydrogens (tertiary/aromatic N) is 3. The minimum absolute atomic E-state index is 0.121. The van der Waals surface area contributed by atoms with E-state index in [9.17, 15) is 25.0 Å². The number of non-ortho nitro benzene ring substituents is 1. The average molecular weight is 456 g/mol.